The van der Waals surface area contributed by atoms with E-state index in [0.717, 1.165) is 5.56 Å². The summed E-state index contributed by atoms with van der Waals surface area (Å²) in [5.74, 6) is -2.17. The van der Waals surface area contributed by atoms with Crippen LogP contribution in [0.5, 0.6) is 5.75 Å². The van der Waals surface area contributed by atoms with Crippen LogP contribution in [0.4, 0.5) is 29.3 Å². The zero-order valence-electron chi connectivity index (χ0n) is 24.0. The number of nitrogens with one attached hydrogen (secondary N) is 3. The zero-order valence-corrected chi connectivity index (χ0v) is 24.0. The third-order valence-electron chi connectivity index (χ3n) is 5.78. The fraction of sp³-hybridized carbons (Fsp3) is 0.300. The van der Waals surface area contributed by atoms with Crippen molar-refractivity contribution in [3.63, 3.8) is 0 Å². The first kappa shape index (κ1) is 35.5. The highest BCUT2D eigenvalue weighted by Gasteiger charge is 2.38. The van der Waals surface area contributed by atoms with E-state index in [1.54, 1.807) is 50.5 Å². The summed E-state index contributed by atoms with van der Waals surface area (Å²) in [5.41, 5.74) is 2.69. The number of rotatable bonds is 12. The number of urea groups is 1. The maximum Gasteiger partial charge on any atom is 0.490 e. The van der Waals surface area contributed by atoms with Gasteiger partial charge in [-0.05, 0) is 60.5 Å². The Morgan fingerprint density at radius 2 is 1.41 bits per heavy atom. The second kappa shape index (κ2) is 17.5. The molecule has 0 spiro atoms. The maximum absolute atomic E-state index is 12.3. The number of carbonyl (C=O) groups excluding carboxylic acids is 2. The highest BCUT2D eigenvalue weighted by molar-refractivity contribution is 6.00. The molecule has 0 aliphatic heterocycles. The largest absolute Gasteiger partial charge is 0.491 e. The molecule has 6 N–H and O–H groups in total. The average molecular weight is 621 g/mol. The van der Waals surface area contributed by atoms with Gasteiger partial charge in [0, 0.05) is 43.6 Å². The maximum atomic E-state index is 12.3. The van der Waals surface area contributed by atoms with Crippen LogP contribution >= 0.6 is 0 Å². The molecule has 2 atom stereocenters. The van der Waals surface area contributed by atoms with Gasteiger partial charge in [0.1, 0.15) is 18.5 Å². The molecule has 3 rings (SSSR count). The SMILES string of the molecule is CN(C)C(=O)c1ccc(NC(=O)Nc2ccc(C[C@@H](CO)NC[C@H](O)COc3ccccc3)cc2)cc1.O=C(O)C(F)(F)F. The fourth-order valence-corrected chi connectivity index (χ4v) is 3.53. The first-order chi connectivity index (χ1) is 20.8. The number of ether oxygens (including phenoxy) is 1. The van der Waals surface area contributed by atoms with Crippen molar-refractivity contribution in [3.05, 3.63) is 90.0 Å². The van der Waals surface area contributed by atoms with Crippen molar-refractivity contribution in [2.75, 3.05) is 44.5 Å². The van der Waals surface area contributed by atoms with Gasteiger partial charge in [-0.15, -0.1) is 0 Å². The Kier molecular flexibility index (Phi) is 14.1. The molecule has 0 radical (unpaired) electrons. The summed E-state index contributed by atoms with van der Waals surface area (Å²) >= 11 is 0. The van der Waals surface area contributed by atoms with E-state index >= 15 is 0 Å². The molecule has 3 aromatic rings. The average Bonchev–Trinajstić information content (AvgIpc) is 2.99. The summed E-state index contributed by atoms with van der Waals surface area (Å²) < 4.78 is 37.3. The van der Waals surface area contributed by atoms with Gasteiger partial charge in [-0.25, -0.2) is 9.59 Å². The monoisotopic (exact) mass is 620 g/mol. The number of anilines is 2. The van der Waals surface area contributed by atoms with Gasteiger partial charge >= 0.3 is 18.2 Å². The van der Waals surface area contributed by atoms with Gasteiger partial charge in [0.05, 0.1) is 6.61 Å². The predicted molar refractivity (Wildman–Crippen MR) is 158 cm³/mol. The number of carbonyl (C=O) groups is 3. The fourth-order valence-electron chi connectivity index (χ4n) is 3.53. The van der Waals surface area contributed by atoms with Crippen LogP contribution in [0.25, 0.3) is 0 Å². The van der Waals surface area contributed by atoms with Crippen molar-refractivity contribution < 1.29 is 47.6 Å². The van der Waals surface area contributed by atoms with Gasteiger partial charge in [0.25, 0.3) is 5.91 Å². The zero-order chi connectivity index (χ0) is 32.7. The van der Waals surface area contributed by atoms with E-state index in [9.17, 15) is 33.0 Å². The minimum Gasteiger partial charge on any atom is -0.491 e. The molecular formula is C30H35F3N4O7. The van der Waals surface area contributed by atoms with Crippen LogP contribution < -0.4 is 20.7 Å². The van der Waals surface area contributed by atoms with Crippen molar-refractivity contribution in [2.45, 2.75) is 24.7 Å². The van der Waals surface area contributed by atoms with Crippen LogP contribution in [0, 0.1) is 0 Å². The molecule has 0 bridgehead atoms. The summed E-state index contributed by atoms with van der Waals surface area (Å²) in [5, 5.41) is 35.7. The van der Waals surface area contributed by atoms with Crippen LogP contribution in [-0.2, 0) is 11.2 Å². The molecule has 0 heterocycles. The normalized spacial score (nSPS) is 12.2. The lowest BCUT2D eigenvalue weighted by molar-refractivity contribution is -0.192. The molecule has 0 unspecified atom stereocenters. The van der Waals surface area contributed by atoms with Crippen LogP contribution in [-0.4, -0.2) is 90.3 Å². The Morgan fingerprint density at radius 1 is 0.886 bits per heavy atom. The molecule has 0 saturated carbocycles. The Balaban J connectivity index is 0.000000860. The molecule has 3 aromatic carbocycles. The Labute approximate surface area is 252 Å². The first-order valence-corrected chi connectivity index (χ1v) is 13.3. The summed E-state index contributed by atoms with van der Waals surface area (Å²) in [6, 6.07) is 22.6. The number of carboxylic acid groups (broad SMARTS) is 1. The van der Waals surface area contributed by atoms with Gasteiger partial charge in [-0.3, -0.25) is 4.79 Å². The molecule has 11 nitrogen and oxygen atoms in total. The molecule has 3 amide bonds. The Bertz CT molecular complexity index is 1320. The van der Waals surface area contributed by atoms with Gasteiger partial charge in [-0.2, -0.15) is 13.2 Å². The molecule has 0 saturated heterocycles. The number of aliphatic hydroxyl groups excluding tert-OH is 2. The standard InChI is InChI=1S/C28H34N4O5.C2HF3O2/c1-32(2)27(35)21-10-14-23(15-11-21)31-28(36)30-22-12-8-20(9-13-22)16-24(18-33)29-17-25(34)19-37-26-6-4-3-5-7-26;3-2(4,5)1(6)7/h3-15,24-25,29,33-34H,16-19H2,1-2H3,(H2,30,31,36);(H,6,7)/t24-,25-;/m0./s1. The van der Waals surface area contributed by atoms with Crippen molar-refractivity contribution in [1.82, 2.24) is 10.2 Å². The third-order valence-corrected chi connectivity index (χ3v) is 5.78. The smallest absolute Gasteiger partial charge is 0.490 e. The predicted octanol–water partition coefficient (Wildman–Crippen LogP) is 3.60. The number of nitrogens with zero attached hydrogens (tertiary/aromatic N) is 1. The number of aliphatic hydroxyl groups is 2. The highest BCUT2D eigenvalue weighted by Crippen LogP contribution is 2.15. The summed E-state index contributed by atoms with van der Waals surface area (Å²) in [7, 11) is 3.36. The number of carboxylic acids is 1. The number of para-hydroxylation sites is 1. The van der Waals surface area contributed by atoms with E-state index < -0.39 is 24.3 Å². The van der Waals surface area contributed by atoms with E-state index in [4.69, 9.17) is 14.6 Å². The molecule has 238 valence electrons. The lowest BCUT2D eigenvalue weighted by Crippen LogP contribution is -2.41. The van der Waals surface area contributed by atoms with E-state index in [1.165, 1.54) is 4.90 Å². The first-order valence-electron chi connectivity index (χ1n) is 13.3. The highest BCUT2D eigenvalue weighted by atomic mass is 19.4. The molecule has 14 heteroatoms. The lowest BCUT2D eigenvalue weighted by Gasteiger charge is -2.19. The van der Waals surface area contributed by atoms with Crippen LogP contribution in [0.2, 0.25) is 0 Å². The second-order valence-electron chi connectivity index (χ2n) is 9.63. The van der Waals surface area contributed by atoms with Gasteiger partial charge in [-0.1, -0.05) is 30.3 Å². The summed E-state index contributed by atoms with van der Waals surface area (Å²) in [6.45, 7) is 0.339. The summed E-state index contributed by atoms with van der Waals surface area (Å²) in [4.78, 5) is 34.7. The summed E-state index contributed by atoms with van der Waals surface area (Å²) in [6.07, 6.45) is -5.25. The molecular weight excluding hydrogens is 585 g/mol. The molecule has 44 heavy (non-hydrogen) atoms. The van der Waals surface area contributed by atoms with Crippen molar-refractivity contribution in [2.24, 2.45) is 0 Å². The number of benzene rings is 3. The number of aliphatic carboxylic acids is 1. The molecule has 0 aliphatic rings. The van der Waals surface area contributed by atoms with Crippen molar-refractivity contribution >= 4 is 29.3 Å². The van der Waals surface area contributed by atoms with E-state index in [1.807, 2.05) is 42.5 Å². The van der Waals surface area contributed by atoms with Gasteiger partial charge in [0.2, 0.25) is 0 Å². The number of hydrogen-bond donors (Lipinski definition) is 6. The minimum atomic E-state index is -5.08. The van der Waals surface area contributed by atoms with Crippen molar-refractivity contribution in [3.8, 4) is 5.75 Å². The molecule has 0 aliphatic carbocycles. The lowest BCUT2D eigenvalue weighted by atomic mass is 10.1. The minimum absolute atomic E-state index is 0.0897. The third kappa shape index (κ3) is 13.1. The van der Waals surface area contributed by atoms with Crippen molar-refractivity contribution in [1.29, 1.82) is 0 Å². The van der Waals surface area contributed by atoms with E-state index in [-0.39, 0.29) is 31.7 Å². The number of alkyl halides is 3. The number of amides is 3. The van der Waals surface area contributed by atoms with Crippen LogP contribution in [0.15, 0.2) is 78.9 Å². The van der Waals surface area contributed by atoms with Crippen LogP contribution in [0.1, 0.15) is 15.9 Å². The number of halogens is 3. The van der Waals surface area contributed by atoms with Gasteiger partial charge in [0.15, 0.2) is 0 Å². The quantitative estimate of drug-likeness (QED) is 0.179. The molecule has 0 aromatic heterocycles. The van der Waals surface area contributed by atoms with Crippen LogP contribution in [0.3, 0.4) is 0 Å². The van der Waals surface area contributed by atoms with Gasteiger partial charge < -0.3 is 40.9 Å². The molecule has 0 fully saturated rings. The second-order valence-corrected chi connectivity index (χ2v) is 9.63. The topological polar surface area (TPSA) is 160 Å². The Hall–Kier alpha value is -4.66. The van der Waals surface area contributed by atoms with E-state index in [0.29, 0.717) is 29.1 Å². The van der Waals surface area contributed by atoms with E-state index in [2.05, 4.69) is 16.0 Å². The Morgan fingerprint density at radius 3 is 1.89 bits per heavy atom. The number of hydrogen-bond acceptors (Lipinski definition) is 7.